The van der Waals surface area contributed by atoms with Crippen molar-refractivity contribution < 1.29 is 4.42 Å². The lowest BCUT2D eigenvalue weighted by Crippen LogP contribution is -1.77. The minimum atomic E-state index is 0.946. The number of rotatable bonds is 1. The van der Waals surface area contributed by atoms with Gasteiger partial charge < -0.3 is 4.42 Å². The lowest BCUT2D eigenvalue weighted by molar-refractivity contribution is 0.587. The van der Waals surface area contributed by atoms with Gasteiger partial charge in [0.15, 0.2) is 0 Å². The third-order valence-corrected chi connectivity index (χ3v) is 3.52. The fraction of sp³-hybridized carbons (Fsp3) is 0. The summed E-state index contributed by atoms with van der Waals surface area (Å²) in [6.07, 6.45) is 1.82. The van der Waals surface area contributed by atoms with E-state index < -0.39 is 0 Å². The van der Waals surface area contributed by atoms with Crippen molar-refractivity contribution in [1.29, 1.82) is 0 Å². The van der Waals surface area contributed by atoms with Crippen LogP contribution >= 0.6 is 0 Å². The van der Waals surface area contributed by atoms with Gasteiger partial charge in [0, 0.05) is 16.3 Å². The molecule has 0 spiro atoms. The first-order chi connectivity index (χ1) is 9.42. The lowest BCUT2D eigenvalue weighted by atomic mass is 10.0. The summed E-state index contributed by atoms with van der Waals surface area (Å²) in [4.78, 5) is 0. The molecule has 0 saturated heterocycles. The van der Waals surface area contributed by atoms with Crippen molar-refractivity contribution in [3.63, 3.8) is 0 Å². The van der Waals surface area contributed by atoms with Gasteiger partial charge in [-0.05, 0) is 16.8 Å². The van der Waals surface area contributed by atoms with E-state index in [0.29, 0.717) is 0 Å². The van der Waals surface area contributed by atoms with Crippen LogP contribution in [0, 0.1) is 0 Å². The highest BCUT2D eigenvalue weighted by molar-refractivity contribution is 5.96. The second kappa shape index (κ2) is 3.99. The number of benzene rings is 3. The molecule has 1 nitrogen and oxygen atoms in total. The first-order valence-corrected chi connectivity index (χ1v) is 6.37. The van der Waals surface area contributed by atoms with Crippen molar-refractivity contribution in [3.05, 3.63) is 73.0 Å². The van der Waals surface area contributed by atoms with Gasteiger partial charge in [-0.3, -0.25) is 0 Å². The molecule has 1 heterocycles. The van der Waals surface area contributed by atoms with E-state index in [0.717, 1.165) is 22.1 Å². The number of furan rings is 1. The number of fused-ring (bicyclic) bond motifs is 2. The van der Waals surface area contributed by atoms with Gasteiger partial charge in [-0.25, -0.2) is 0 Å². The van der Waals surface area contributed by atoms with Crippen LogP contribution in [-0.2, 0) is 0 Å². The van der Waals surface area contributed by atoms with Crippen molar-refractivity contribution in [1.82, 2.24) is 0 Å². The number of hydrogen-bond acceptors (Lipinski definition) is 1. The highest BCUT2D eigenvalue weighted by Crippen LogP contribution is 2.32. The molecule has 0 aliphatic rings. The van der Waals surface area contributed by atoms with Crippen molar-refractivity contribution in [2.24, 2.45) is 0 Å². The topological polar surface area (TPSA) is 13.1 Å². The molecule has 0 unspecified atom stereocenters. The van der Waals surface area contributed by atoms with Crippen LogP contribution in [0.3, 0.4) is 0 Å². The Bertz CT molecular complexity index is 871. The summed E-state index contributed by atoms with van der Waals surface area (Å²) in [6.45, 7) is 0. The first kappa shape index (κ1) is 10.4. The summed E-state index contributed by atoms with van der Waals surface area (Å²) >= 11 is 0. The van der Waals surface area contributed by atoms with Crippen LogP contribution in [0.4, 0.5) is 0 Å². The first-order valence-electron chi connectivity index (χ1n) is 6.37. The van der Waals surface area contributed by atoms with Gasteiger partial charge in [-0.15, -0.1) is 0 Å². The Morgan fingerprint density at radius 1 is 0.632 bits per heavy atom. The molecule has 0 aliphatic heterocycles. The van der Waals surface area contributed by atoms with E-state index in [4.69, 9.17) is 4.42 Å². The van der Waals surface area contributed by atoms with Gasteiger partial charge >= 0.3 is 0 Å². The summed E-state index contributed by atoms with van der Waals surface area (Å²) in [5.41, 5.74) is 1.12. The molecule has 19 heavy (non-hydrogen) atoms. The molecule has 0 N–H and O–H groups in total. The van der Waals surface area contributed by atoms with Gasteiger partial charge in [0.05, 0.1) is 6.26 Å². The highest BCUT2D eigenvalue weighted by atomic mass is 16.3. The Hall–Kier alpha value is -2.54. The molecule has 1 heteroatoms. The normalized spacial score (nSPS) is 11.2. The maximum absolute atomic E-state index is 5.75. The summed E-state index contributed by atoms with van der Waals surface area (Å²) in [7, 11) is 0. The van der Waals surface area contributed by atoms with Crippen LogP contribution in [0.15, 0.2) is 77.4 Å². The van der Waals surface area contributed by atoms with Crippen molar-refractivity contribution in [2.45, 2.75) is 0 Å². The van der Waals surface area contributed by atoms with Crippen LogP contribution in [0.25, 0.3) is 32.9 Å². The molecule has 90 valence electrons. The molecule has 1 aromatic heterocycles. The van der Waals surface area contributed by atoms with E-state index in [1.54, 1.807) is 0 Å². The standard InChI is InChI=1S/C18H12O/c1-2-6-14-11-15(10-9-13(14)5-1)18-17-8-4-3-7-16(17)12-19-18/h1-12H. The fourth-order valence-electron chi connectivity index (χ4n) is 2.55. The van der Waals surface area contributed by atoms with Crippen LogP contribution in [0.1, 0.15) is 0 Å². The molecule has 0 atom stereocenters. The van der Waals surface area contributed by atoms with Crippen molar-refractivity contribution >= 4 is 21.5 Å². The van der Waals surface area contributed by atoms with E-state index in [-0.39, 0.29) is 0 Å². The van der Waals surface area contributed by atoms with Crippen LogP contribution in [-0.4, -0.2) is 0 Å². The Morgan fingerprint density at radius 2 is 1.37 bits per heavy atom. The largest absolute Gasteiger partial charge is 0.463 e. The van der Waals surface area contributed by atoms with Gasteiger partial charge in [-0.2, -0.15) is 0 Å². The molecule has 4 aromatic rings. The monoisotopic (exact) mass is 244 g/mol. The zero-order chi connectivity index (χ0) is 12.7. The van der Waals surface area contributed by atoms with E-state index in [9.17, 15) is 0 Å². The molecule has 0 saturated carbocycles. The SMILES string of the molecule is c1ccc2cc(-c3occ4ccccc34)ccc2c1. The van der Waals surface area contributed by atoms with Gasteiger partial charge in [0.1, 0.15) is 5.76 Å². The van der Waals surface area contributed by atoms with Crippen molar-refractivity contribution in [3.8, 4) is 11.3 Å². The summed E-state index contributed by atoms with van der Waals surface area (Å²) < 4.78 is 5.75. The summed E-state index contributed by atoms with van der Waals surface area (Å²) in [5, 5.41) is 4.80. The van der Waals surface area contributed by atoms with E-state index in [1.165, 1.54) is 10.8 Å². The Kier molecular flexibility index (Phi) is 2.18. The molecule has 0 fully saturated rings. The molecule has 0 bridgehead atoms. The van der Waals surface area contributed by atoms with E-state index >= 15 is 0 Å². The molecular formula is C18H12O. The van der Waals surface area contributed by atoms with Crippen LogP contribution in [0.5, 0.6) is 0 Å². The minimum Gasteiger partial charge on any atom is -0.463 e. The Balaban J connectivity index is 1.99. The molecule has 3 aromatic carbocycles. The zero-order valence-corrected chi connectivity index (χ0v) is 10.3. The minimum absolute atomic E-state index is 0.946. The predicted molar refractivity (Wildman–Crippen MR) is 79.2 cm³/mol. The Morgan fingerprint density at radius 3 is 2.26 bits per heavy atom. The number of hydrogen-bond donors (Lipinski definition) is 0. The fourth-order valence-corrected chi connectivity index (χ4v) is 2.55. The zero-order valence-electron chi connectivity index (χ0n) is 10.3. The second-order valence-electron chi connectivity index (χ2n) is 4.71. The molecular weight excluding hydrogens is 232 g/mol. The third-order valence-electron chi connectivity index (χ3n) is 3.52. The van der Waals surface area contributed by atoms with E-state index in [1.807, 2.05) is 18.4 Å². The van der Waals surface area contributed by atoms with Gasteiger partial charge in [0.2, 0.25) is 0 Å². The van der Waals surface area contributed by atoms with Crippen molar-refractivity contribution in [2.75, 3.05) is 0 Å². The van der Waals surface area contributed by atoms with Crippen LogP contribution in [0.2, 0.25) is 0 Å². The third kappa shape index (κ3) is 1.63. The van der Waals surface area contributed by atoms with E-state index in [2.05, 4.69) is 54.6 Å². The highest BCUT2D eigenvalue weighted by Gasteiger charge is 2.08. The smallest absolute Gasteiger partial charge is 0.141 e. The summed E-state index contributed by atoms with van der Waals surface area (Å²) in [6, 6.07) is 23.1. The second-order valence-corrected chi connectivity index (χ2v) is 4.71. The molecule has 0 amide bonds. The maximum atomic E-state index is 5.75. The maximum Gasteiger partial charge on any atom is 0.141 e. The van der Waals surface area contributed by atoms with Gasteiger partial charge in [-0.1, -0.05) is 60.7 Å². The predicted octanol–water partition coefficient (Wildman–Crippen LogP) is 5.25. The lowest BCUT2D eigenvalue weighted by Gasteiger charge is -2.01. The average molecular weight is 244 g/mol. The molecule has 0 radical (unpaired) electrons. The summed E-state index contributed by atoms with van der Waals surface area (Å²) in [5.74, 6) is 0.946. The van der Waals surface area contributed by atoms with Gasteiger partial charge in [0.25, 0.3) is 0 Å². The van der Waals surface area contributed by atoms with Crippen LogP contribution < -0.4 is 0 Å². The average Bonchev–Trinajstić information content (AvgIpc) is 2.91. The molecule has 0 aliphatic carbocycles. The molecule has 4 rings (SSSR count). The Labute approximate surface area is 111 Å². The quantitative estimate of drug-likeness (QED) is 0.445.